The molecule has 0 aliphatic carbocycles. The molecule has 2 nitrogen and oxygen atoms in total. The molecule has 0 unspecified atom stereocenters. The van der Waals surface area contributed by atoms with Crippen LogP contribution in [-0.2, 0) is 0 Å². The van der Waals surface area contributed by atoms with Crippen LogP contribution in [0, 0.1) is 5.92 Å². The lowest BCUT2D eigenvalue weighted by atomic mass is 10.0. The summed E-state index contributed by atoms with van der Waals surface area (Å²) in [5.74, 6) is 1.69. The highest BCUT2D eigenvalue weighted by atomic mass is 16.3. The van der Waals surface area contributed by atoms with Crippen LogP contribution >= 0.6 is 0 Å². The van der Waals surface area contributed by atoms with E-state index in [0.29, 0.717) is 0 Å². The summed E-state index contributed by atoms with van der Waals surface area (Å²) in [7, 11) is 0. The first-order valence-electron chi connectivity index (χ1n) is 8.47. The number of rotatable bonds is 1. The molecule has 1 saturated heterocycles. The lowest BCUT2D eigenvalue weighted by Crippen LogP contribution is -2.38. The van der Waals surface area contributed by atoms with Crippen LogP contribution in [0.3, 0.4) is 0 Å². The molecule has 0 radical (unpaired) electrons. The smallest absolute Gasteiger partial charge is 0.214 e. The van der Waals surface area contributed by atoms with E-state index in [1.807, 2.05) is 12.1 Å². The lowest BCUT2D eigenvalue weighted by Gasteiger charge is -2.16. The molecule has 2 aromatic carbocycles. The van der Waals surface area contributed by atoms with Crippen molar-refractivity contribution in [3.63, 3.8) is 0 Å². The fourth-order valence-electron chi connectivity index (χ4n) is 3.53. The van der Waals surface area contributed by atoms with E-state index in [9.17, 15) is 0 Å². The second-order valence-electron chi connectivity index (χ2n) is 6.55. The van der Waals surface area contributed by atoms with Crippen molar-refractivity contribution in [2.24, 2.45) is 5.92 Å². The van der Waals surface area contributed by atoms with Crippen molar-refractivity contribution in [1.82, 2.24) is 4.58 Å². The Kier molecular flexibility index (Phi) is 3.74. The van der Waals surface area contributed by atoms with Gasteiger partial charge >= 0.3 is 0 Å². The number of piperidine rings is 1. The largest absolute Gasteiger partial charge is 0.456 e. The summed E-state index contributed by atoms with van der Waals surface area (Å²) in [6, 6.07) is 21.0. The van der Waals surface area contributed by atoms with Gasteiger partial charge in [-0.05, 0) is 18.6 Å². The maximum Gasteiger partial charge on any atom is 0.214 e. The topological polar surface area (TPSA) is 16.1 Å². The molecule has 2 heterocycles. The van der Waals surface area contributed by atoms with Crippen LogP contribution in [0.4, 0.5) is 0 Å². The van der Waals surface area contributed by atoms with Crippen molar-refractivity contribution in [3.8, 4) is 11.3 Å². The van der Waals surface area contributed by atoms with Crippen molar-refractivity contribution in [1.29, 1.82) is 0 Å². The minimum atomic E-state index is 0.750. The number of hydrogen-bond acceptors (Lipinski definition) is 1. The van der Waals surface area contributed by atoms with Gasteiger partial charge in [0.1, 0.15) is 24.4 Å². The fraction of sp³-hybridized carbons (Fsp3) is 0.286. The monoisotopic (exact) mass is 304 g/mol. The van der Waals surface area contributed by atoms with E-state index >= 15 is 0 Å². The summed E-state index contributed by atoms with van der Waals surface area (Å²) in [6.45, 7) is 4.61. The zero-order valence-corrected chi connectivity index (χ0v) is 13.5. The highest BCUT2D eigenvalue weighted by molar-refractivity contribution is 5.78. The van der Waals surface area contributed by atoms with E-state index in [1.165, 1.54) is 23.6 Å². The van der Waals surface area contributed by atoms with Crippen LogP contribution in [0.2, 0.25) is 0 Å². The summed E-state index contributed by atoms with van der Waals surface area (Å²) in [5, 5.41) is 2.51. The number of nitrogens with zero attached hydrogens (tertiary/aromatic N) is 1. The molecule has 4 rings (SSSR count). The van der Waals surface area contributed by atoms with Crippen LogP contribution in [-0.4, -0.2) is 13.1 Å². The maximum absolute atomic E-state index is 6.18. The molecule has 23 heavy (non-hydrogen) atoms. The Labute approximate surface area is 136 Å². The number of benzene rings is 2. The van der Waals surface area contributed by atoms with Crippen LogP contribution in [0.5, 0.6) is 0 Å². The van der Waals surface area contributed by atoms with E-state index in [0.717, 1.165) is 35.9 Å². The Hall–Kier alpha value is -2.35. The summed E-state index contributed by atoms with van der Waals surface area (Å²) >= 11 is 0. The lowest BCUT2D eigenvalue weighted by molar-refractivity contribution is 0.358. The van der Waals surface area contributed by atoms with Gasteiger partial charge in [-0.25, -0.2) is 4.58 Å². The molecule has 1 fully saturated rings. The SMILES string of the molecule is C[C@@H]1CCC[N+](=c2cc(-c3ccccc3)oc3ccccc23)C1. The molecule has 0 spiro atoms. The van der Waals surface area contributed by atoms with Gasteiger partial charge in [-0.15, -0.1) is 0 Å². The zero-order chi connectivity index (χ0) is 15.6. The minimum absolute atomic E-state index is 0.750. The van der Waals surface area contributed by atoms with Crippen LogP contribution in [0.15, 0.2) is 65.1 Å². The Balaban J connectivity index is 2.00. The average molecular weight is 304 g/mol. The van der Waals surface area contributed by atoms with Gasteiger partial charge in [0.05, 0.1) is 11.5 Å². The Morgan fingerprint density at radius 3 is 2.61 bits per heavy atom. The van der Waals surface area contributed by atoms with Crippen molar-refractivity contribution in [2.75, 3.05) is 13.1 Å². The predicted octanol–water partition coefficient (Wildman–Crippen LogP) is 4.30. The summed E-state index contributed by atoms with van der Waals surface area (Å²) in [4.78, 5) is 0. The molecule has 3 aromatic rings. The fourth-order valence-corrected chi connectivity index (χ4v) is 3.53. The molecule has 1 aromatic heterocycles. The number of hydrogen-bond donors (Lipinski definition) is 0. The average Bonchev–Trinajstić information content (AvgIpc) is 2.61. The van der Waals surface area contributed by atoms with Gasteiger partial charge in [-0.3, -0.25) is 0 Å². The van der Waals surface area contributed by atoms with Gasteiger partial charge in [0.25, 0.3) is 0 Å². The summed E-state index contributed by atoms with van der Waals surface area (Å²) in [5.41, 5.74) is 2.09. The van der Waals surface area contributed by atoms with Gasteiger partial charge < -0.3 is 4.42 Å². The second kappa shape index (κ2) is 6.04. The third kappa shape index (κ3) is 2.81. The summed E-state index contributed by atoms with van der Waals surface area (Å²) < 4.78 is 8.71. The third-order valence-corrected chi connectivity index (χ3v) is 4.71. The molecule has 0 amide bonds. The predicted molar refractivity (Wildman–Crippen MR) is 95.1 cm³/mol. The third-order valence-electron chi connectivity index (χ3n) is 4.71. The van der Waals surface area contributed by atoms with E-state index < -0.39 is 0 Å². The van der Waals surface area contributed by atoms with Gasteiger partial charge in [0.15, 0.2) is 0 Å². The first kappa shape index (κ1) is 14.3. The van der Waals surface area contributed by atoms with Crippen LogP contribution in [0.25, 0.3) is 22.3 Å². The van der Waals surface area contributed by atoms with E-state index in [1.54, 1.807) is 0 Å². The first-order chi connectivity index (χ1) is 11.3. The van der Waals surface area contributed by atoms with E-state index in [4.69, 9.17) is 4.42 Å². The molecular formula is C21H22NO+. The molecule has 116 valence electrons. The second-order valence-corrected chi connectivity index (χ2v) is 6.55. The molecule has 0 N–H and O–H groups in total. The molecule has 2 heteroatoms. The number of para-hydroxylation sites is 1. The van der Waals surface area contributed by atoms with Crippen molar-refractivity contribution in [3.05, 3.63) is 66.0 Å². The van der Waals surface area contributed by atoms with Gasteiger partial charge in [0, 0.05) is 17.9 Å². The van der Waals surface area contributed by atoms with Crippen molar-refractivity contribution >= 4 is 11.0 Å². The molecule has 0 bridgehead atoms. The number of fused-ring (bicyclic) bond motifs is 1. The van der Waals surface area contributed by atoms with Gasteiger partial charge in [-0.1, -0.05) is 49.4 Å². The molecule has 0 saturated carbocycles. The normalized spacial score (nSPS) is 20.7. The van der Waals surface area contributed by atoms with Crippen molar-refractivity contribution in [2.45, 2.75) is 19.8 Å². The first-order valence-corrected chi connectivity index (χ1v) is 8.47. The highest BCUT2D eigenvalue weighted by Crippen LogP contribution is 2.22. The van der Waals surface area contributed by atoms with Crippen LogP contribution in [0.1, 0.15) is 19.8 Å². The highest BCUT2D eigenvalue weighted by Gasteiger charge is 2.20. The van der Waals surface area contributed by atoms with E-state index in [-0.39, 0.29) is 0 Å². The molecular weight excluding hydrogens is 282 g/mol. The zero-order valence-electron chi connectivity index (χ0n) is 13.5. The minimum Gasteiger partial charge on any atom is -0.456 e. The molecule has 1 aliphatic rings. The Morgan fingerprint density at radius 1 is 1.00 bits per heavy atom. The van der Waals surface area contributed by atoms with Crippen LogP contribution < -0.4 is 9.93 Å². The molecule has 1 atom stereocenters. The standard InChI is InChI=1S/C21H22NO/c1-16-8-7-13-22(15-16)19-14-21(17-9-3-2-4-10-17)23-20-12-6-5-11-18(19)20/h2-6,9-12,14,16H,7-8,13,15H2,1H3/q+1/t16-/m1/s1. The quantitative estimate of drug-likeness (QED) is 0.612. The Bertz CT molecular complexity index is 892. The van der Waals surface area contributed by atoms with Gasteiger partial charge in [0.2, 0.25) is 5.36 Å². The van der Waals surface area contributed by atoms with Crippen molar-refractivity contribution < 1.29 is 4.42 Å². The maximum atomic E-state index is 6.18. The molecule has 1 aliphatic heterocycles. The Morgan fingerprint density at radius 2 is 1.78 bits per heavy atom. The summed E-state index contributed by atoms with van der Waals surface area (Å²) in [6.07, 6.45) is 2.60. The van der Waals surface area contributed by atoms with Gasteiger partial charge in [-0.2, -0.15) is 0 Å². The van der Waals surface area contributed by atoms with E-state index in [2.05, 4.69) is 60.0 Å².